The molecule has 1 aromatic rings. The molecule has 0 bridgehead atoms. The molecule has 0 radical (unpaired) electrons. The van der Waals surface area contributed by atoms with Crippen LogP contribution < -0.4 is 0 Å². The highest BCUT2D eigenvalue weighted by molar-refractivity contribution is 5.77. The molecule has 0 saturated heterocycles. The van der Waals surface area contributed by atoms with Gasteiger partial charge >= 0.3 is 0 Å². The van der Waals surface area contributed by atoms with Crippen LogP contribution in [0.5, 0.6) is 0 Å². The van der Waals surface area contributed by atoms with Crippen LogP contribution in [0.2, 0.25) is 0 Å². The fourth-order valence-corrected chi connectivity index (χ4v) is 1.78. The minimum Gasteiger partial charge on any atom is -0.305 e. The van der Waals surface area contributed by atoms with Crippen LogP contribution >= 0.6 is 0 Å². The molecule has 0 spiro atoms. The van der Waals surface area contributed by atoms with E-state index in [9.17, 15) is 4.79 Å². The van der Waals surface area contributed by atoms with Crippen LogP contribution in [-0.2, 0) is 6.54 Å². The number of carbonyl (C=O) groups excluding carboxylic acids is 1. The van der Waals surface area contributed by atoms with E-state index in [0.717, 1.165) is 29.7 Å². The number of aromatic nitrogens is 1. The zero-order valence-electron chi connectivity index (χ0n) is 9.23. The zero-order chi connectivity index (χ0) is 10.8. The molecule has 2 rings (SSSR count). The Kier molecular flexibility index (Phi) is 2.82. The van der Waals surface area contributed by atoms with Crippen molar-refractivity contribution in [1.29, 1.82) is 0 Å². The second-order valence-corrected chi connectivity index (χ2v) is 4.45. The maximum Gasteiger partial charge on any atom is 0.151 e. The lowest BCUT2D eigenvalue weighted by Gasteiger charge is -2.10. The van der Waals surface area contributed by atoms with Crippen LogP contribution in [0.1, 0.15) is 40.4 Å². The summed E-state index contributed by atoms with van der Waals surface area (Å²) in [6, 6.07) is 1.97. The maximum atomic E-state index is 10.9. The Morgan fingerprint density at radius 1 is 1.53 bits per heavy atom. The lowest BCUT2D eigenvalue weighted by molar-refractivity contribution is 0.112. The number of hydrogen-bond acceptors (Lipinski definition) is 3. The van der Waals surface area contributed by atoms with E-state index in [2.05, 4.69) is 9.88 Å². The van der Waals surface area contributed by atoms with Crippen molar-refractivity contribution in [2.45, 2.75) is 25.3 Å². The average molecular weight is 204 g/mol. The molecule has 3 heteroatoms. The SMILES string of the molecule is CN(C)Cc1cnc(C2CC2)c(C=O)c1. The van der Waals surface area contributed by atoms with E-state index >= 15 is 0 Å². The van der Waals surface area contributed by atoms with Gasteiger partial charge in [0.05, 0.1) is 5.69 Å². The molecule has 0 amide bonds. The van der Waals surface area contributed by atoms with Crippen molar-refractivity contribution in [2.24, 2.45) is 0 Å². The first-order valence-electron chi connectivity index (χ1n) is 5.29. The largest absolute Gasteiger partial charge is 0.305 e. The van der Waals surface area contributed by atoms with Gasteiger partial charge in [0, 0.05) is 24.2 Å². The van der Waals surface area contributed by atoms with Crippen LogP contribution in [-0.4, -0.2) is 30.3 Å². The van der Waals surface area contributed by atoms with E-state index in [1.165, 1.54) is 12.8 Å². The lowest BCUT2D eigenvalue weighted by atomic mass is 10.1. The molecule has 1 fully saturated rings. The standard InChI is InChI=1S/C12H16N2O/c1-14(2)7-9-5-11(8-15)12(13-6-9)10-3-4-10/h5-6,8,10H,3-4,7H2,1-2H3. The molecular formula is C12H16N2O. The van der Waals surface area contributed by atoms with Crippen LogP contribution in [0.25, 0.3) is 0 Å². The smallest absolute Gasteiger partial charge is 0.151 e. The Morgan fingerprint density at radius 3 is 2.80 bits per heavy atom. The fraction of sp³-hybridized carbons (Fsp3) is 0.500. The number of nitrogens with zero attached hydrogens (tertiary/aromatic N) is 2. The van der Waals surface area contributed by atoms with Gasteiger partial charge in [-0.2, -0.15) is 0 Å². The summed E-state index contributed by atoms with van der Waals surface area (Å²) in [5.41, 5.74) is 2.87. The van der Waals surface area contributed by atoms with Gasteiger partial charge in [-0.3, -0.25) is 9.78 Å². The molecule has 3 nitrogen and oxygen atoms in total. The van der Waals surface area contributed by atoms with Crippen molar-refractivity contribution in [3.05, 3.63) is 29.1 Å². The van der Waals surface area contributed by atoms with Gasteiger partial charge in [-0.05, 0) is 38.6 Å². The minimum atomic E-state index is 0.540. The molecule has 0 atom stereocenters. The summed E-state index contributed by atoms with van der Waals surface area (Å²) in [6.45, 7) is 0.832. The van der Waals surface area contributed by atoms with Crippen molar-refractivity contribution in [3.8, 4) is 0 Å². The van der Waals surface area contributed by atoms with Crippen LogP contribution in [0, 0.1) is 0 Å². The summed E-state index contributed by atoms with van der Waals surface area (Å²) < 4.78 is 0. The van der Waals surface area contributed by atoms with Gasteiger partial charge < -0.3 is 4.90 Å². The number of aldehydes is 1. The number of pyridine rings is 1. The van der Waals surface area contributed by atoms with Crippen molar-refractivity contribution in [1.82, 2.24) is 9.88 Å². The first kappa shape index (κ1) is 10.3. The van der Waals surface area contributed by atoms with E-state index in [4.69, 9.17) is 0 Å². The summed E-state index contributed by atoms with van der Waals surface area (Å²) in [7, 11) is 4.02. The van der Waals surface area contributed by atoms with Crippen molar-refractivity contribution < 1.29 is 4.79 Å². The average Bonchev–Trinajstić information content (AvgIpc) is 3.00. The predicted molar refractivity (Wildman–Crippen MR) is 59.0 cm³/mol. The number of hydrogen-bond donors (Lipinski definition) is 0. The summed E-state index contributed by atoms with van der Waals surface area (Å²) in [4.78, 5) is 17.4. The van der Waals surface area contributed by atoms with Crippen molar-refractivity contribution in [3.63, 3.8) is 0 Å². The topological polar surface area (TPSA) is 33.2 Å². The molecule has 0 aromatic carbocycles. The van der Waals surface area contributed by atoms with Crippen LogP contribution in [0.3, 0.4) is 0 Å². The monoisotopic (exact) mass is 204 g/mol. The molecule has 1 aliphatic rings. The Hall–Kier alpha value is -1.22. The molecule has 1 saturated carbocycles. The van der Waals surface area contributed by atoms with Crippen molar-refractivity contribution >= 4 is 6.29 Å². The molecule has 1 heterocycles. The molecule has 15 heavy (non-hydrogen) atoms. The minimum absolute atomic E-state index is 0.540. The number of carbonyl (C=O) groups is 1. The molecule has 0 unspecified atom stereocenters. The van der Waals surface area contributed by atoms with E-state index < -0.39 is 0 Å². The Morgan fingerprint density at radius 2 is 2.27 bits per heavy atom. The summed E-state index contributed by atoms with van der Waals surface area (Å²) >= 11 is 0. The first-order valence-corrected chi connectivity index (χ1v) is 5.29. The molecule has 1 aromatic heterocycles. The highest BCUT2D eigenvalue weighted by Crippen LogP contribution is 2.40. The Bertz CT molecular complexity index is 370. The maximum absolute atomic E-state index is 10.9. The third-order valence-corrected chi connectivity index (χ3v) is 2.60. The predicted octanol–water partition coefficient (Wildman–Crippen LogP) is 1.83. The summed E-state index contributed by atoms with van der Waals surface area (Å²) in [5.74, 6) is 0.540. The van der Waals surface area contributed by atoms with Gasteiger partial charge in [0.2, 0.25) is 0 Å². The normalized spacial score (nSPS) is 15.7. The Labute approximate surface area is 90.1 Å². The van der Waals surface area contributed by atoms with Crippen molar-refractivity contribution in [2.75, 3.05) is 14.1 Å². The van der Waals surface area contributed by atoms with Gasteiger partial charge in [-0.15, -0.1) is 0 Å². The number of rotatable bonds is 4. The summed E-state index contributed by atoms with van der Waals surface area (Å²) in [6.07, 6.45) is 5.18. The lowest BCUT2D eigenvalue weighted by Crippen LogP contribution is -2.11. The van der Waals surface area contributed by atoms with Gasteiger partial charge in [-0.1, -0.05) is 0 Å². The quantitative estimate of drug-likeness (QED) is 0.701. The highest BCUT2D eigenvalue weighted by atomic mass is 16.1. The summed E-state index contributed by atoms with van der Waals surface area (Å²) in [5, 5.41) is 0. The van der Waals surface area contributed by atoms with E-state index in [-0.39, 0.29) is 0 Å². The molecule has 0 N–H and O–H groups in total. The van der Waals surface area contributed by atoms with Gasteiger partial charge in [0.15, 0.2) is 6.29 Å². The molecule has 1 aliphatic carbocycles. The molecular weight excluding hydrogens is 188 g/mol. The second-order valence-electron chi connectivity index (χ2n) is 4.45. The van der Waals surface area contributed by atoms with E-state index in [1.807, 2.05) is 26.4 Å². The van der Waals surface area contributed by atoms with Gasteiger partial charge in [0.1, 0.15) is 0 Å². The van der Waals surface area contributed by atoms with E-state index in [0.29, 0.717) is 5.92 Å². The molecule has 80 valence electrons. The Balaban J connectivity index is 2.25. The van der Waals surface area contributed by atoms with Crippen LogP contribution in [0.15, 0.2) is 12.3 Å². The van der Waals surface area contributed by atoms with Crippen LogP contribution in [0.4, 0.5) is 0 Å². The highest BCUT2D eigenvalue weighted by Gasteiger charge is 2.27. The van der Waals surface area contributed by atoms with E-state index in [1.54, 1.807) is 0 Å². The fourth-order valence-electron chi connectivity index (χ4n) is 1.78. The molecule has 0 aliphatic heterocycles. The van der Waals surface area contributed by atoms with Gasteiger partial charge in [-0.25, -0.2) is 0 Å². The zero-order valence-corrected chi connectivity index (χ0v) is 9.23. The second kappa shape index (κ2) is 4.11. The third-order valence-electron chi connectivity index (χ3n) is 2.60. The first-order chi connectivity index (χ1) is 7.20. The third kappa shape index (κ3) is 2.42. The van der Waals surface area contributed by atoms with Gasteiger partial charge in [0.25, 0.3) is 0 Å².